The first-order valence-electron chi connectivity index (χ1n) is 6.02. The third-order valence-electron chi connectivity index (χ3n) is 3.24. The second kappa shape index (κ2) is 5.05. The summed E-state index contributed by atoms with van der Waals surface area (Å²) in [6.45, 7) is 2.23. The molecule has 1 aliphatic rings. The molecule has 1 saturated carbocycles. The van der Waals surface area contributed by atoms with Gasteiger partial charge in [-0.05, 0) is 31.2 Å². The fraction of sp³-hybridized carbons (Fsp3) is 0.538. The molecule has 0 aliphatic heterocycles. The van der Waals surface area contributed by atoms with Gasteiger partial charge < -0.3 is 10.5 Å². The largest absolute Gasteiger partial charge is 0.473 e. The minimum Gasteiger partial charge on any atom is -0.473 e. The third-order valence-corrected chi connectivity index (χ3v) is 3.24. The maximum atomic E-state index is 8.88. The van der Waals surface area contributed by atoms with Gasteiger partial charge in [0.15, 0.2) is 0 Å². The van der Waals surface area contributed by atoms with Crippen molar-refractivity contribution < 1.29 is 4.74 Å². The van der Waals surface area contributed by atoms with Gasteiger partial charge in [-0.25, -0.2) is 4.98 Å². The zero-order valence-electron chi connectivity index (χ0n) is 10.0. The van der Waals surface area contributed by atoms with E-state index in [9.17, 15) is 0 Å². The van der Waals surface area contributed by atoms with Gasteiger partial charge >= 0.3 is 0 Å². The van der Waals surface area contributed by atoms with Crippen molar-refractivity contribution in [2.24, 2.45) is 5.92 Å². The number of ether oxygens (including phenoxy) is 1. The molecule has 0 saturated heterocycles. The average molecular weight is 231 g/mol. The van der Waals surface area contributed by atoms with Gasteiger partial charge in [-0.2, -0.15) is 5.26 Å². The van der Waals surface area contributed by atoms with Crippen LogP contribution < -0.4 is 10.5 Å². The van der Waals surface area contributed by atoms with Gasteiger partial charge in [0.05, 0.1) is 5.56 Å². The molecule has 17 heavy (non-hydrogen) atoms. The Hall–Kier alpha value is -1.76. The summed E-state index contributed by atoms with van der Waals surface area (Å²) >= 11 is 0. The molecule has 1 heterocycles. The van der Waals surface area contributed by atoms with Crippen molar-refractivity contribution in [2.45, 2.75) is 38.7 Å². The molecular formula is C13H17N3O. The summed E-state index contributed by atoms with van der Waals surface area (Å²) in [5.41, 5.74) is 6.62. The van der Waals surface area contributed by atoms with Crippen molar-refractivity contribution in [3.05, 3.63) is 17.8 Å². The summed E-state index contributed by atoms with van der Waals surface area (Å²) in [6.07, 6.45) is 6.28. The number of aromatic nitrogens is 1. The molecule has 2 rings (SSSR count). The predicted molar refractivity (Wildman–Crippen MR) is 65.4 cm³/mol. The van der Waals surface area contributed by atoms with E-state index in [-0.39, 0.29) is 6.10 Å². The molecule has 2 unspecified atom stereocenters. The Morgan fingerprint density at radius 3 is 3.06 bits per heavy atom. The Kier molecular flexibility index (Phi) is 3.48. The molecule has 0 radical (unpaired) electrons. The van der Waals surface area contributed by atoms with Crippen LogP contribution in [0.3, 0.4) is 0 Å². The van der Waals surface area contributed by atoms with Crippen molar-refractivity contribution in [1.82, 2.24) is 4.98 Å². The molecule has 1 aromatic rings. The normalized spacial score (nSPS) is 24.0. The fourth-order valence-electron chi connectivity index (χ4n) is 2.29. The highest BCUT2D eigenvalue weighted by atomic mass is 16.5. The molecule has 0 bridgehead atoms. The first-order valence-corrected chi connectivity index (χ1v) is 6.02. The highest BCUT2D eigenvalue weighted by Gasteiger charge is 2.21. The van der Waals surface area contributed by atoms with E-state index in [0.717, 1.165) is 12.8 Å². The lowest BCUT2D eigenvalue weighted by Gasteiger charge is -2.27. The number of nitrogen functional groups attached to an aromatic ring is 1. The van der Waals surface area contributed by atoms with Gasteiger partial charge in [0.25, 0.3) is 0 Å². The second-order valence-corrected chi connectivity index (χ2v) is 4.70. The summed E-state index contributed by atoms with van der Waals surface area (Å²) in [5.74, 6) is 1.09. The molecule has 1 aromatic heterocycles. The molecular weight excluding hydrogens is 214 g/mol. The van der Waals surface area contributed by atoms with Gasteiger partial charge in [-0.3, -0.25) is 0 Å². The molecule has 1 fully saturated rings. The summed E-state index contributed by atoms with van der Waals surface area (Å²) in [5, 5.41) is 8.88. The zero-order chi connectivity index (χ0) is 12.3. The van der Waals surface area contributed by atoms with Gasteiger partial charge in [0.1, 0.15) is 17.9 Å². The maximum absolute atomic E-state index is 8.88. The van der Waals surface area contributed by atoms with Gasteiger partial charge in [-0.15, -0.1) is 0 Å². The van der Waals surface area contributed by atoms with Crippen molar-refractivity contribution in [2.75, 3.05) is 5.73 Å². The van der Waals surface area contributed by atoms with E-state index in [1.165, 1.54) is 12.8 Å². The quantitative estimate of drug-likeness (QED) is 0.848. The van der Waals surface area contributed by atoms with Crippen molar-refractivity contribution in [1.29, 1.82) is 5.26 Å². The van der Waals surface area contributed by atoms with Crippen LogP contribution in [0.2, 0.25) is 0 Å². The Labute approximate surface area is 101 Å². The molecule has 2 N–H and O–H groups in total. The lowest BCUT2D eigenvalue weighted by Crippen LogP contribution is -2.25. The van der Waals surface area contributed by atoms with Crippen LogP contribution in [0.15, 0.2) is 12.3 Å². The highest BCUT2D eigenvalue weighted by molar-refractivity contribution is 5.59. The number of nitrogens with zero attached hydrogens (tertiary/aromatic N) is 2. The standard InChI is InChI=1S/C13H17N3O/c1-9-3-2-4-11(7-9)17-13-12(15)10(8-14)5-6-16-13/h5-6,9,11H,2-4,7,15H2,1H3. The van der Waals surface area contributed by atoms with Crippen LogP contribution in [-0.4, -0.2) is 11.1 Å². The van der Waals surface area contributed by atoms with E-state index in [2.05, 4.69) is 11.9 Å². The van der Waals surface area contributed by atoms with Gasteiger partial charge in [0, 0.05) is 6.20 Å². The summed E-state index contributed by atoms with van der Waals surface area (Å²) in [4.78, 5) is 4.11. The van der Waals surface area contributed by atoms with Crippen LogP contribution in [0, 0.1) is 17.2 Å². The molecule has 0 amide bonds. The van der Waals surface area contributed by atoms with E-state index in [1.54, 1.807) is 12.3 Å². The smallest absolute Gasteiger partial charge is 0.238 e. The number of hydrogen-bond acceptors (Lipinski definition) is 4. The van der Waals surface area contributed by atoms with Crippen LogP contribution in [0.1, 0.15) is 38.2 Å². The molecule has 1 aliphatic carbocycles. The maximum Gasteiger partial charge on any atom is 0.238 e. The predicted octanol–water partition coefficient (Wildman–Crippen LogP) is 2.49. The molecule has 0 aromatic carbocycles. The topological polar surface area (TPSA) is 71.9 Å². The number of pyridine rings is 1. The van der Waals surface area contributed by atoms with E-state index >= 15 is 0 Å². The molecule has 90 valence electrons. The lowest BCUT2D eigenvalue weighted by atomic mass is 9.89. The number of rotatable bonds is 2. The molecule has 4 heteroatoms. The Morgan fingerprint density at radius 1 is 1.53 bits per heavy atom. The molecule has 0 spiro atoms. The van der Waals surface area contributed by atoms with Crippen molar-refractivity contribution >= 4 is 5.69 Å². The second-order valence-electron chi connectivity index (χ2n) is 4.70. The van der Waals surface area contributed by atoms with Gasteiger partial charge in [0.2, 0.25) is 5.88 Å². The Bertz CT molecular complexity index is 439. The molecule has 4 nitrogen and oxygen atoms in total. The van der Waals surface area contributed by atoms with Crippen molar-refractivity contribution in [3.8, 4) is 11.9 Å². The SMILES string of the molecule is CC1CCCC(Oc2nccc(C#N)c2N)C1. The highest BCUT2D eigenvalue weighted by Crippen LogP contribution is 2.29. The third kappa shape index (κ3) is 2.68. The van der Waals surface area contributed by atoms with E-state index in [4.69, 9.17) is 15.7 Å². The van der Waals surface area contributed by atoms with Crippen molar-refractivity contribution in [3.63, 3.8) is 0 Å². The van der Waals surface area contributed by atoms with Gasteiger partial charge in [-0.1, -0.05) is 13.3 Å². The van der Waals surface area contributed by atoms with Crippen LogP contribution in [-0.2, 0) is 0 Å². The number of nitriles is 1. The number of nitrogens with two attached hydrogens (primary N) is 1. The van der Waals surface area contributed by atoms with Crippen LogP contribution in [0.25, 0.3) is 0 Å². The summed E-state index contributed by atoms with van der Waals surface area (Å²) in [7, 11) is 0. The number of anilines is 1. The minimum atomic E-state index is 0.183. The monoisotopic (exact) mass is 231 g/mol. The first-order chi connectivity index (χ1) is 8.20. The average Bonchev–Trinajstić information content (AvgIpc) is 2.32. The summed E-state index contributed by atoms with van der Waals surface area (Å²) in [6, 6.07) is 3.64. The Morgan fingerprint density at radius 2 is 2.35 bits per heavy atom. The Balaban J connectivity index is 2.11. The molecule has 2 atom stereocenters. The van der Waals surface area contributed by atoms with E-state index < -0.39 is 0 Å². The zero-order valence-corrected chi connectivity index (χ0v) is 10.0. The van der Waals surface area contributed by atoms with Crippen LogP contribution in [0.4, 0.5) is 5.69 Å². The van der Waals surface area contributed by atoms with Crippen LogP contribution >= 0.6 is 0 Å². The van der Waals surface area contributed by atoms with E-state index in [1.807, 2.05) is 6.07 Å². The minimum absolute atomic E-state index is 0.183. The fourth-order valence-corrected chi connectivity index (χ4v) is 2.29. The summed E-state index contributed by atoms with van der Waals surface area (Å²) < 4.78 is 5.81. The van der Waals surface area contributed by atoms with E-state index in [0.29, 0.717) is 23.0 Å². The van der Waals surface area contributed by atoms with Crippen LogP contribution in [0.5, 0.6) is 5.88 Å². The first kappa shape index (κ1) is 11.7. The lowest BCUT2D eigenvalue weighted by molar-refractivity contribution is 0.125. The number of hydrogen-bond donors (Lipinski definition) is 1.